The van der Waals surface area contributed by atoms with E-state index < -0.39 is 0 Å². The minimum absolute atomic E-state index is 0.356. The van der Waals surface area contributed by atoms with Gasteiger partial charge >= 0.3 is 5.97 Å². The molecule has 0 aliphatic carbocycles. The number of esters is 1. The van der Waals surface area contributed by atoms with E-state index in [9.17, 15) is 4.79 Å². The summed E-state index contributed by atoms with van der Waals surface area (Å²) in [5, 5.41) is 0.477. The van der Waals surface area contributed by atoms with Gasteiger partial charge in [-0.15, -0.1) is 0 Å². The molecule has 0 bridgehead atoms. The largest absolute Gasteiger partial charge is 0.495 e. The number of rotatable bonds is 4. The van der Waals surface area contributed by atoms with Crippen LogP contribution < -0.4 is 4.74 Å². The van der Waals surface area contributed by atoms with Crippen molar-refractivity contribution in [3.8, 4) is 5.75 Å². The van der Waals surface area contributed by atoms with Crippen LogP contribution in [0.25, 0.3) is 6.08 Å². The third-order valence-corrected chi connectivity index (χ3v) is 2.30. The van der Waals surface area contributed by atoms with Gasteiger partial charge in [-0.2, -0.15) is 0 Å². The second kappa shape index (κ2) is 6.18. The van der Waals surface area contributed by atoms with Gasteiger partial charge in [-0.1, -0.05) is 23.7 Å². The normalized spacial score (nSPS) is 10.4. The molecular formula is C12H13ClO3. The molecule has 0 aliphatic rings. The van der Waals surface area contributed by atoms with Crippen LogP contribution in [0.2, 0.25) is 5.02 Å². The number of halogens is 1. The molecule has 0 fully saturated rings. The van der Waals surface area contributed by atoms with Crippen molar-refractivity contribution in [1.82, 2.24) is 0 Å². The van der Waals surface area contributed by atoms with Gasteiger partial charge in [0.25, 0.3) is 0 Å². The Morgan fingerprint density at radius 1 is 1.50 bits per heavy atom. The molecule has 0 aliphatic heterocycles. The highest BCUT2D eigenvalue weighted by Gasteiger charge is 2.03. The maximum Gasteiger partial charge on any atom is 0.330 e. The zero-order chi connectivity index (χ0) is 12.0. The second-order valence-electron chi connectivity index (χ2n) is 2.95. The topological polar surface area (TPSA) is 35.5 Å². The smallest absolute Gasteiger partial charge is 0.330 e. The average Bonchev–Trinajstić information content (AvgIpc) is 2.28. The van der Waals surface area contributed by atoms with E-state index in [0.717, 1.165) is 0 Å². The van der Waals surface area contributed by atoms with Gasteiger partial charge in [-0.25, -0.2) is 4.79 Å². The summed E-state index contributed by atoms with van der Waals surface area (Å²) in [5.74, 6) is 0.189. The Morgan fingerprint density at radius 3 is 2.88 bits per heavy atom. The minimum atomic E-state index is -0.388. The Balaban J connectivity index is 2.85. The molecule has 0 saturated carbocycles. The van der Waals surface area contributed by atoms with Crippen molar-refractivity contribution in [2.75, 3.05) is 13.7 Å². The van der Waals surface area contributed by atoms with Gasteiger partial charge in [-0.3, -0.25) is 0 Å². The fourth-order valence-corrected chi connectivity index (χ4v) is 1.43. The van der Waals surface area contributed by atoms with E-state index in [1.54, 1.807) is 38.3 Å². The summed E-state index contributed by atoms with van der Waals surface area (Å²) in [6.45, 7) is 2.11. The van der Waals surface area contributed by atoms with Crippen molar-refractivity contribution in [2.24, 2.45) is 0 Å². The number of hydrogen-bond acceptors (Lipinski definition) is 3. The molecule has 86 valence electrons. The molecule has 0 N–H and O–H groups in total. The predicted molar refractivity (Wildman–Crippen MR) is 63.7 cm³/mol. The summed E-state index contributed by atoms with van der Waals surface area (Å²) in [7, 11) is 1.54. The highest BCUT2D eigenvalue weighted by atomic mass is 35.5. The van der Waals surface area contributed by atoms with Crippen LogP contribution in [0.4, 0.5) is 0 Å². The standard InChI is InChI=1S/C12H13ClO3/c1-3-16-11(14)8-7-9-5-4-6-10(15-2)12(9)13/h4-8H,3H2,1-2H3/b8-7+. The quantitative estimate of drug-likeness (QED) is 0.600. The van der Waals surface area contributed by atoms with Gasteiger partial charge in [0.2, 0.25) is 0 Å². The summed E-state index contributed by atoms with van der Waals surface area (Å²) in [6, 6.07) is 5.35. The fraction of sp³-hybridized carbons (Fsp3) is 0.250. The molecule has 1 rings (SSSR count). The fourth-order valence-electron chi connectivity index (χ4n) is 1.16. The Hall–Kier alpha value is -1.48. The number of carbonyl (C=O) groups excluding carboxylic acids is 1. The molecule has 0 atom stereocenters. The first kappa shape index (κ1) is 12.6. The molecular weight excluding hydrogens is 228 g/mol. The third-order valence-electron chi connectivity index (χ3n) is 1.90. The summed E-state index contributed by atoms with van der Waals surface area (Å²) in [6.07, 6.45) is 2.94. The number of methoxy groups -OCH3 is 1. The van der Waals surface area contributed by atoms with Crippen LogP contribution in [-0.4, -0.2) is 19.7 Å². The first-order valence-corrected chi connectivity index (χ1v) is 5.24. The Morgan fingerprint density at radius 2 is 2.25 bits per heavy atom. The molecule has 0 unspecified atom stereocenters. The van der Waals surface area contributed by atoms with Crippen molar-refractivity contribution in [3.63, 3.8) is 0 Å². The zero-order valence-corrected chi connectivity index (χ0v) is 9.95. The predicted octanol–water partition coefficient (Wildman–Crippen LogP) is 2.92. The van der Waals surface area contributed by atoms with Crippen LogP contribution in [0.5, 0.6) is 5.75 Å². The number of ether oxygens (including phenoxy) is 2. The number of benzene rings is 1. The molecule has 0 saturated heterocycles. The minimum Gasteiger partial charge on any atom is -0.495 e. The van der Waals surface area contributed by atoms with Crippen LogP contribution in [0.15, 0.2) is 24.3 Å². The van der Waals surface area contributed by atoms with E-state index in [-0.39, 0.29) is 5.97 Å². The van der Waals surface area contributed by atoms with Crippen molar-refractivity contribution in [2.45, 2.75) is 6.92 Å². The maximum absolute atomic E-state index is 11.1. The van der Waals surface area contributed by atoms with E-state index >= 15 is 0 Å². The number of hydrogen-bond donors (Lipinski definition) is 0. The van der Waals surface area contributed by atoms with Crippen LogP contribution in [0.1, 0.15) is 12.5 Å². The first-order chi connectivity index (χ1) is 7.69. The lowest BCUT2D eigenvalue weighted by atomic mass is 10.2. The van der Waals surface area contributed by atoms with E-state index in [1.165, 1.54) is 6.08 Å². The van der Waals surface area contributed by atoms with Crippen LogP contribution in [0, 0.1) is 0 Å². The third kappa shape index (κ3) is 3.28. The van der Waals surface area contributed by atoms with Gasteiger partial charge in [0.1, 0.15) is 5.75 Å². The van der Waals surface area contributed by atoms with Crippen LogP contribution >= 0.6 is 11.6 Å². The van der Waals surface area contributed by atoms with E-state index in [2.05, 4.69) is 0 Å². The summed E-state index contributed by atoms with van der Waals surface area (Å²) in [4.78, 5) is 11.1. The van der Waals surface area contributed by atoms with Crippen LogP contribution in [0.3, 0.4) is 0 Å². The van der Waals surface area contributed by atoms with Gasteiger partial charge in [0.05, 0.1) is 18.7 Å². The molecule has 1 aromatic rings. The second-order valence-corrected chi connectivity index (χ2v) is 3.33. The van der Waals surface area contributed by atoms with Gasteiger partial charge in [-0.05, 0) is 24.6 Å². The monoisotopic (exact) mass is 240 g/mol. The first-order valence-electron chi connectivity index (χ1n) is 4.86. The molecule has 3 nitrogen and oxygen atoms in total. The van der Waals surface area contributed by atoms with Gasteiger partial charge < -0.3 is 9.47 Å². The Kier molecular flexibility index (Phi) is 4.86. The highest BCUT2D eigenvalue weighted by Crippen LogP contribution is 2.28. The van der Waals surface area contributed by atoms with E-state index in [4.69, 9.17) is 21.1 Å². The van der Waals surface area contributed by atoms with Crippen molar-refractivity contribution in [3.05, 3.63) is 34.9 Å². The molecule has 0 heterocycles. The van der Waals surface area contributed by atoms with E-state index in [1.807, 2.05) is 0 Å². The Labute approximate surface area is 99.6 Å². The van der Waals surface area contributed by atoms with Crippen molar-refractivity contribution in [1.29, 1.82) is 0 Å². The highest BCUT2D eigenvalue weighted by molar-refractivity contribution is 6.33. The molecule has 16 heavy (non-hydrogen) atoms. The lowest BCUT2D eigenvalue weighted by Gasteiger charge is -2.04. The molecule has 1 aromatic carbocycles. The lowest BCUT2D eigenvalue weighted by molar-refractivity contribution is -0.137. The molecule has 4 heteroatoms. The van der Waals surface area contributed by atoms with Crippen molar-refractivity contribution >= 4 is 23.6 Å². The maximum atomic E-state index is 11.1. The summed E-state index contributed by atoms with van der Waals surface area (Å²) >= 11 is 6.04. The van der Waals surface area contributed by atoms with E-state index in [0.29, 0.717) is 22.9 Å². The SMILES string of the molecule is CCOC(=O)/C=C/c1cccc(OC)c1Cl. The zero-order valence-electron chi connectivity index (χ0n) is 9.20. The van der Waals surface area contributed by atoms with Crippen molar-refractivity contribution < 1.29 is 14.3 Å². The Bertz CT molecular complexity index is 399. The summed E-state index contributed by atoms with van der Waals surface area (Å²) < 4.78 is 9.82. The van der Waals surface area contributed by atoms with Crippen LogP contribution in [-0.2, 0) is 9.53 Å². The van der Waals surface area contributed by atoms with Gasteiger partial charge in [0, 0.05) is 6.08 Å². The lowest BCUT2D eigenvalue weighted by Crippen LogP contribution is -1.98. The molecule has 0 aromatic heterocycles. The summed E-state index contributed by atoms with van der Waals surface area (Å²) in [5.41, 5.74) is 0.717. The molecule has 0 radical (unpaired) electrons. The molecule has 0 amide bonds. The average molecular weight is 241 g/mol. The molecule has 0 spiro atoms. The number of carbonyl (C=O) groups is 1. The van der Waals surface area contributed by atoms with Gasteiger partial charge in [0.15, 0.2) is 0 Å².